The third-order valence-corrected chi connectivity index (χ3v) is 3.68. The van der Waals surface area contributed by atoms with Crippen LogP contribution in [-0.4, -0.2) is 32.9 Å². The molecule has 2 aromatic rings. The monoisotopic (exact) mass is 254 g/mol. The van der Waals surface area contributed by atoms with E-state index in [-0.39, 0.29) is 0 Å². The van der Waals surface area contributed by atoms with E-state index in [9.17, 15) is 0 Å². The molecule has 0 saturated carbocycles. The summed E-state index contributed by atoms with van der Waals surface area (Å²) in [6.45, 7) is 3.26. The molecular weight excluding hydrogens is 236 g/mol. The van der Waals surface area contributed by atoms with E-state index in [0.29, 0.717) is 5.92 Å². The second-order valence-electron chi connectivity index (χ2n) is 5.06. The molecule has 98 valence electrons. The fourth-order valence-corrected chi connectivity index (χ4v) is 2.73. The highest BCUT2D eigenvalue weighted by atomic mass is 15.1. The van der Waals surface area contributed by atoms with Gasteiger partial charge in [-0.1, -0.05) is 0 Å². The third kappa shape index (κ3) is 3.15. The van der Waals surface area contributed by atoms with E-state index < -0.39 is 0 Å². The Hall–Kier alpha value is -1.81. The van der Waals surface area contributed by atoms with Crippen LogP contribution in [0.25, 0.3) is 0 Å². The van der Waals surface area contributed by atoms with E-state index >= 15 is 0 Å². The molecule has 0 bridgehead atoms. The Bertz CT molecular complexity index is 500. The number of hydrogen-bond donors (Lipinski definition) is 0. The molecule has 0 N–H and O–H groups in total. The summed E-state index contributed by atoms with van der Waals surface area (Å²) in [4.78, 5) is 15.0. The maximum Gasteiger partial charge on any atom is 0.115 e. The van der Waals surface area contributed by atoms with Crippen LogP contribution in [0.4, 0.5) is 0 Å². The Morgan fingerprint density at radius 1 is 1.11 bits per heavy atom. The van der Waals surface area contributed by atoms with Crippen LogP contribution in [0.2, 0.25) is 0 Å². The van der Waals surface area contributed by atoms with Crippen LogP contribution in [0.15, 0.2) is 43.1 Å². The molecule has 1 atom stereocenters. The van der Waals surface area contributed by atoms with Gasteiger partial charge in [0.05, 0.1) is 0 Å². The van der Waals surface area contributed by atoms with Crippen molar-refractivity contribution in [3.05, 3.63) is 54.4 Å². The lowest BCUT2D eigenvalue weighted by Gasteiger charge is -2.32. The van der Waals surface area contributed by atoms with Crippen LogP contribution >= 0.6 is 0 Å². The summed E-state index contributed by atoms with van der Waals surface area (Å²) >= 11 is 0. The molecule has 19 heavy (non-hydrogen) atoms. The van der Waals surface area contributed by atoms with Crippen LogP contribution in [0.5, 0.6) is 0 Å². The molecule has 4 heteroatoms. The Kier molecular flexibility index (Phi) is 3.79. The number of rotatable bonds is 3. The first-order valence-corrected chi connectivity index (χ1v) is 6.79. The average Bonchev–Trinajstić information content (AvgIpc) is 2.49. The molecule has 1 fully saturated rings. The van der Waals surface area contributed by atoms with E-state index in [4.69, 9.17) is 0 Å². The zero-order valence-electron chi connectivity index (χ0n) is 10.9. The first-order chi connectivity index (χ1) is 9.42. The predicted molar refractivity (Wildman–Crippen MR) is 73.5 cm³/mol. The molecule has 1 unspecified atom stereocenters. The summed E-state index contributed by atoms with van der Waals surface area (Å²) in [5, 5.41) is 0. The van der Waals surface area contributed by atoms with E-state index in [1.54, 1.807) is 6.33 Å². The second-order valence-corrected chi connectivity index (χ2v) is 5.06. The first kappa shape index (κ1) is 12.2. The van der Waals surface area contributed by atoms with Crippen molar-refractivity contribution in [3.8, 4) is 0 Å². The van der Waals surface area contributed by atoms with Gasteiger partial charge in [-0.15, -0.1) is 0 Å². The SMILES string of the molecule is c1cc(CN2CCCC(c3ccncn3)C2)ccn1. The van der Waals surface area contributed by atoms with Gasteiger partial charge in [0.15, 0.2) is 0 Å². The third-order valence-electron chi connectivity index (χ3n) is 3.68. The van der Waals surface area contributed by atoms with Gasteiger partial charge in [0.25, 0.3) is 0 Å². The van der Waals surface area contributed by atoms with Crippen LogP contribution < -0.4 is 0 Å². The van der Waals surface area contributed by atoms with Crippen LogP contribution in [0.3, 0.4) is 0 Å². The molecule has 1 aliphatic heterocycles. The van der Waals surface area contributed by atoms with Crippen molar-refractivity contribution in [2.75, 3.05) is 13.1 Å². The van der Waals surface area contributed by atoms with Crippen LogP contribution in [-0.2, 0) is 6.54 Å². The standard InChI is InChI=1S/C15H18N4/c1-2-14(15-5-8-17-12-18-15)11-19(9-1)10-13-3-6-16-7-4-13/h3-8,12,14H,1-2,9-11H2. The minimum Gasteiger partial charge on any atom is -0.298 e. The Morgan fingerprint density at radius 2 is 1.95 bits per heavy atom. The number of nitrogens with zero attached hydrogens (tertiary/aromatic N) is 4. The van der Waals surface area contributed by atoms with Crippen molar-refractivity contribution in [3.63, 3.8) is 0 Å². The average molecular weight is 254 g/mol. The van der Waals surface area contributed by atoms with Crippen molar-refractivity contribution in [2.45, 2.75) is 25.3 Å². The van der Waals surface area contributed by atoms with Crippen molar-refractivity contribution < 1.29 is 0 Å². The molecule has 0 spiro atoms. The quantitative estimate of drug-likeness (QED) is 0.842. The zero-order valence-corrected chi connectivity index (χ0v) is 10.9. The Balaban J connectivity index is 1.65. The fourth-order valence-electron chi connectivity index (χ4n) is 2.73. The van der Waals surface area contributed by atoms with Crippen molar-refractivity contribution in [1.82, 2.24) is 19.9 Å². The fraction of sp³-hybridized carbons (Fsp3) is 0.400. The lowest BCUT2D eigenvalue weighted by molar-refractivity contribution is 0.198. The molecule has 0 aliphatic carbocycles. The van der Waals surface area contributed by atoms with Gasteiger partial charge < -0.3 is 0 Å². The number of likely N-dealkylation sites (tertiary alicyclic amines) is 1. The van der Waals surface area contributed by atoms with E-state index in [2.05, 4.69) is 32.0 Å². The van der Waals surface area contributed by atoms with Gasteiger partial charge in [-0.2, -0.15) is 0 Å². The number of hydrogen-bond acceptors (Lipinski definition) is 4. The van der Waals surface area contributed by atoms with E-state index in [1.807, 2.05) is 24.7 Å². The highest BCUT2D eigenvalue weighted by Crippen LogP contribution is 2.25. The number of pyridine rings is 1. The second kappa shape index (κ2) is 5.89. The Morgan fingerprint density at radius 3 is 2.74 bits per heavy atom. The molecule has 0 amide bonds. The summed E-state index contributed by atoms with van der Waals surface area (Å²) in [7, 11) is 0. The molecule has 4 nitrogen and oxygen atoms in total. The lowest BCUT2D eigenvalue weighted by atomic mass is 9.94. The topological polar surface area (TPSA) is 41.9 Å². The van der Waals surface area contributed by atoms with Gasteiger partial charge >= 0.3 is 0 Å². The molecule has 1 saturated heterocycles. The maximum absolute atomic E-state index is 4.40. The van der Waals surface area contributed by atoms with E-state index in [0.717, 1.165) is 13.1 Å². The minimum absolute atomic E-state index is 0.540. The van der Waals surface area contributed by atoms with Crippen molar-refractivity contribution in [1.29, 1.82) is 0 Å². The first-order valence-electron chi connectivity index (χ1n) is 6.79. The lowest BCUT2D eigenvalue weighted by Crippen LogP contribution is -2.34. The highest BCUT2D eigenvalue weighted by Gasteiger charge is 2.22. The molecule has 0 radical (unpaired) electrons. The van der Waals surface area contributed by atoms with E-state index in [1.165, 1.54) is 30.6 Å². The van der Waals surface area contributed by atoms with Crippen molar-refractivity contribution in [2.24, 2.45) is 0 Å². The van der Waals surface area contributed by atoms with Crippen LogP contribution in [0.1, 0.15) is 30.0 Å². The van der Waals surface area contributed by atoms with Gasteiger partial charge in [-0.25, -0.2) is 9.97 Å². The molecule has 0 aromatic carbocycles. The smallest absolute Gasteiger partial charge is 0.115 e. The minimum atomic E-state index is 0.540. The molecular formula is C15H18N4. The summed E-state index contributed by atoms with van der Waals surface area (Å²) in [5.41, 5.74) is 2.51. The van der Waals surface area contributed by atoms with Crippen molar-refractivity contribution >= 4 is 0 Å². The van der Waals surface area contributed by atoms with Gasteiger partial charge in [-0.05, 0) is 43.1 Å². The molecule has 1 aliphatic rings. The number of piperidine rings is 1. The summed E-state index contributed by atoms with van der Waals surface area (Å²) < 4.78 is 0. The van der Waals surface area contributed by atoms with Gasteiger partial charge in [0.1, 0.15) is 6.33 Å². The zero-order chi connectivity index (χ0) is 12.9. The molecule has 3 heterocycles. The summed E-state index contributed by atoms with van der Waals surface area (Å²) in [6.07, 6.45) is 9.67. The van der Waals surface area contributed by atoms with Gasteiger partial charge in [0.2, 0.25) is 0 Å². The van der Waals surface area contributed by atoms with Gasteiger partial charge in [-0.3, -0.25) is 9.88 Å². The largest absolute Gasteiger partial charge is 0.298 e. The summed E-state index contributed by atoms with van der Waals surface area (Å²) in [5.74, 6) is 0.540. The number of aromatic nitrogens is 3. The molecule has 3 rings (SSSR count). The summed E-state index contributed by atoms with van der Waals surface area (Å²) in [6, 6.07) is 6.23. The van der Waals surface area contributed by atoms with Crippen LogP contribution in [0, 0.1) is 0 Å². The van der Waals surface area contributed by atoms with Gasteiger partial charge in [0, 0.05) is 43.3 Å². The maximum atomic E-state index is 4.40. The Labute approximate surface area is 113 Å². The highest BCUT2D eigenvalue weighted by molar-refractivity contribution is 5.11. The predicted octanol–water partition coefficient (Wildman–Crippen LogP) is 2.25. The normalized spacial score (nSPS) is 20.3. The molecule has 2 aromatic heterocycles.